The Kier molecular flexibility index (Phi) is 6.14. The van der Waals surface area contributed by atoms with Crippen LogP contribution in [0.25, 0.3) is 0 Å². The number of amides is 1. The van der Waals surface area contributed by atoms with Crippen LogP contribution in [0, 0.1) is 5.92 Å². The van der Waals surface area contributed by atoms with Gasteiger partial charge in [-0.3, -0.25) is 4.79 Å². The molecule has 1 atom stereocenters. The second-order valence-corrected chi connectivity index (χ2v) is 7.05. The number of allylic oxidation sites excluding steroid dienone is 2. The minimum absolute atomic E-state index is 0.0385. The van der Waals surface area contributed by atoms with E-state index in [2.05, 4.69) is 29.6 Å². The monoisotopic (exact) mass is 343 g/mol. The molecule has 0 bridgehead atoms. The van der Waals surface area contributed by atoms with Gasteiger partial charge >= 0.3 is 0 Å². The number of ether oxygens (including phenoxy) is 2. The lowest BCUT2D eigenvalue weighted by molar-refractivity contribution is -0.125. The maximum absolute atomic E-state index is 12.6. The third-order valence-electron chi connectivity index (χ3n) is 5.47. The number of hydrogen-bond acceptors (Lipinski definition) is 3. The van der Waals surface area contributed by atoms with Crippen LogP contribution in [-0.4, -0.2) is 32.3 Å². The van der Waals surface area contributed by atoms with Crippen molar-refractivity contribution in [3.63, 3.8) is 0 Å². The highest BCUT2D eigenvalue weighted by Gasteiger charge is 2.35. The van der Waals surface area contributed by atoms with Crippen molar-refractivity contribution in [1.82, 2.24) is 5.32 Å². The molecule has 1 heterocycles. The van der Waals surface area contributed by atoms with Crippen LogP contribution in [-0.2, 0) is 14.9 Å². The van der Waals surface area contributed by atoms with Gasteiger partial charge in [-0.25, -0.2) is 0 Å². The maximum Gasteiger partial charge on any atom is 0.223 e. The van der Waals surface area contributed by atoms with E-state index >= 15 is 0 Å². The van der Waals surface area contributed by atoms with Gasteiger partial charge in [0.1, 0.15) is 5.75 Å². The predicted molar refractivity (Wildman–Crippen MR) is 98.8 cm³/mol. The van der Waals surface area contributed by atoms with E-state index in [0.717, 1.165) is 51.1 Å². The van der Waals surface area contributed by atoms with E-state index in [-0.39, 0.29) is 17.2 Å². The molecule has 0 unspecified atom stereocenters. The molecule has 1 aromatic rings. The van der Waals surface area contributed by atoms with E-state index in [0.29, 0.717) is 13.2 Å². The Morgan fingerprint density at radius 1 is 1.24 bits per heavy atom. The number of carbonyl (C=O) groups is 1. The van der Waals surface area contributed by atoms with E-state index in [1.54, 1.807) is 0 Å². The standard InChI is InChI=1S/C21H29NO3/c1-2-25-19-10-8-18(9-11-19)21(12-14-24-15-13-21)16-22-20(23)17-6-4-3-5-7-17/h3-4,8-11,17H,2,5-7,12-16H2,1H3,(H,22,23)/t17-/m0/s1. The van der Waals surface area contributed by atoms with Crippen molar-refractivity contribution >= 4 is 5.91 Å². The van der Waals surface area contributed by atoms with Crippen LogP contribution in [0.15, 0.2) is 36.4 Å². The van der Waals surface area contributed by atoms with Gasteiger partial charge in [0, 0.05) is 31.1 Å². The quantitative estimate of drug-likeness (QED) is 0.803. The lowest BCUT2D eigenvalue weighted by atomic mass is 9.74. The molecule has 3 rings (SSSR count). The first-order valence-corrected chi connectivity index (χ1v) is 9.47. The molecule has 1 fully saturated rings. The summed E-state index contributed by atoms with van der Waals surface area (Å²) in [5.74, 6) is 1.22. The summed E-state index contributed by atoms with van der Waals surface area (Å²) in [5, 5.41) is 3.24. The van der Waals surface area contributed by atoms with Crippen LogP contribution in [0.5, 0.6) is 5.75 Å². The number of hydrogen-bond donors (Lipinski definition) is 1. The van der Waals surface area contributed by atoms with Gasteiger partial charge in [-0.1, -0.05) is 24.3 Å². The maximum atomic E-state index is 12.6. The molecule has 25 heavy (non-hydrogen) atoms. The van der Waals surface area contributed by atoms with Gasteiger partial charge in [0.05, 0.1) is 6.61 Å². The summed E-state index contributed by atoms with van der Waals surface area (Å²) in [6.07, 6.45) is 9.01. The Morgan fingerprint density at radius 2 is 2.00 bits per heavy atom. The molecular weight excluding hydrogens is 314 g/mol. The molecule has 136 valence electrons. The predicted octanol–water partition coefficient (Wildman–Crippen LogP) is 3.61. The molecule has 2 aliphatic rings. The van der Waals surface area contributed by atoms with Crippen LogP contribution >= 0.6 is 0 Å². The molecular formula is C21H29NO3. The average molecular weight is 343 g/mol. The fourth-order valence-corrected chi connectivity index (χ4v) is 3.83. The Bertz CT molecular complexity index is 588. The largest absolute Gasteiger partial charge is 0.494 e. The first kappa shape index (κ1) is 18.0. The molecule has 4 nitrogen and oxygen atoms in total. The Labute approximate surface area is 150 Å². The highest BCUT2D eigenvalue weighted by atomic mass is 16.5. The Morgan fingerprint density at radius 3 is 2.64 bits per heavy atom. The molecule has 1 aliphatic heterocycles. The van der Waals surface area contributed by atoms with Gasteiger partial charge in [-0.2, -0.15) is 0 Å². The zero-order valence-corrected chi connectivity index (χ0v) is 15.1. The second kappa shape index (κ2) is 8.52. The van der Waals surface area contributed by atoms with Gasteiger partial charge in [-0.15, -0.1) is 0 Å². The fraction of sp³-hybridized carbons (Fsp3) is 0.571. The van der Waals surface area contributed by atoms with E-state index in [9.17, 15) is 4.79 Å². The van der Waals surface area contributed by atoms with Crippen LogP contribution in [0.3, 0.4) is 0 Å². The van der Waals surface area contributed by atoms with Crippen molar-refractivity contribution in [3.05, 3.63) is 42.0 Å². The number of carbonyl (C=O) groups excluding carboxylic acids is 1. The van der Waals surface area contributed by atoms with Gasteiger partial charge in [0.2, 0.25) is 5.91 Å². The zero-order chi connectivity index (χ0) is 17.5. The van der Waals surface area contributed by atoms with Gasteiger partial charge in [0.25, 0.3) is 0 Å². The van der Waals surface area contributed by atoms with E-state index in [1.807, 2.05) is 19.1 Å². The van der Waals surface area contributed by atoms with Gasteiger partial charge in [0.15, 0.2) is 0 Å². The molecule has 1 aliphatic carbocycles. The van der Waals surface area contributed by atoms with Crippen LogP contribution in [0.4, 0.5) is 0 Å². The molecule has 0 spiro atoms. The van der Waals surface area contributed by atoms with Crippen molar-refractivity contribution in [3.8, 4) is 5.75 Å². The lowest BCUT2D eigenvalue weighted by Crippen LogP contribution is -2.46. The van der Waals surface area contributed by atoms with Crippen LogP contribution < -0.4 is 10.1 Å². The summed E-state index contributed by atoms with van der Waals surface area (Å²) < 4.78 is 11.1. The molecule has 0 radical (unpaired) electrons. The highest BCUT2D eigenvalue weighted by molar-refractivity contribution is 5.79. The molecule has 1 saturated heterocycles. The summed E-state index contributed by atoms with van der Waals surface area (Å²) >= 11 is 0. The topological polar surface area (TPSA) is 47.6 Å². The van der Waals surface area contributed by atoms with E-state index in [4.69, 9.17) is 9.47 Å². The smallest absolute Gasteiger partial charge is 0.223 e. The minimum atomic E-state index is -0.0385. The average Bonchev–Trinajstić information content (AvgIpc) is 2.68. The summed E-state index contributed by atoms with van der Waals surface area (Å²) in [6, 6.07) is 8.35. The van der Waals surface area contributed by atoms with Crippen molar-refractivity contribution in [2.75, 3.05) is 26.4 Å². The first-order valence-electron chi connectivity index (χ1n) is 9.47. The minimum Gasteiger partial charge on any atom is -0.494 e. The zero-order valence-electron chi connectivity index (χ0n) is 15.1. The number of rotatable bonds is 6. The number of nitrogens with one attached hydrogen (secondary N) is 1. The van der Waals surface area contributed by atoms with Crippen molar-refractivity contribution < 1.29 is 14.3 Å². The van der Waals surface area contributed by atoms with E-state index in [1.165, 1.54) is 5.56 Å². The Hall–Kier alpha value is -1.81. The SMILES string of the molecule is CCOc1ccc(C2(CNC(=O)[C@H]3CC=CCC3)CCOCC2)cc1. The molecule has 0 aromatic heterocycles. The third kappa shape index (κ3) is 4.43. The van der Waals surface area contributed by atoms with Crippen molar-refractivity contribution in [2.24, 2.45) is 5.92 Å². The molecule has 1 amide bonds. The summed E-state index contributed by atoms with van der Waals surface area (Å²) in [6.45, 7) is 4.84. The van der Waals surface area contributed by atoms with Crippen LogP contribution in [0.2, 0.25) is 0 Å². The highest BCUT2D eigenvalue weighted by Crippen LogP contribution is 2.35. The van der Waals surface area contributed by atoms with E-state index < -0.39 is 0 Å². The normalized spacial score (nSPS) is 22.4. The first-order chi connectivity index (χ1) is 12.2. The van der Waals surface area contributed by atoms with Crippen molar-refractivity contribution in [2.45, 2.75) is 44.4 Å². The summed E-state index contributed by atoms with van der Waals surface area (Å²) in [7, 11) is 0. The van der Waals surface area contributed by atoms with Crippen LogP contribution in [0.1, 0.15) is 44.6 Å². The van der Waals surface area contributed by atoms with Gasteiger partial charge in [-0.05, 0) is 56.7 Å². The lowest BCUT2D eigenvalue weighted by Gasteiger charge is -2.38. The second-order valence-electron chi connectivity index (χ2n) is 7.05. The third-order valence-corrected chi connectivity index (χ3v) is 5.47. The summed E-state index contributed by atoms with van der Waals surface area (Å²) in [5.41, 5.74) is 1.23. The summed E-state index contributed by atoms with van der Waals surface area (Å²) in [4.78, 5) is 12.6. The number of benzene rings is 1. The Balaban J connectivity index is 1.69. The fourth-order valence-electron chi connectivity index (χ4n) is 3.83. The van der Waals surface area contributed by atoms with Gasteiger partial charge < -0.3 is 14.8 Å². The molecule has 0 saturated carbocycles. The molecule has 1 N–H and O–H groups in total. The molecule has 4 heteroatoms. The van der Waals surface area contributed by atoms with Crippen molar-refractivity contribution in [1.29, 1.82) is 0 Å². The molecule has 1 aromatic carbocycles.